The largest absolute Gasteiger partial charge is 0.493 e. The fraction of sp³-hybridized carbons (Fsp3) is 0.519. The third-order valence-corrected chi connectivity index (χ3v) is 6.43. The summed E-state index contributed by atoms with van der Waals surface area (Å²) >= 11 is 0. The fourth-order valence-electron chi connectivity index (χ4n) is 4.31. The Morgan fingerprint density at radius 2 is 1.47 bits per heavy atom. The number of nitriles is 1. The molecule has 1 atom stereocenters. The Bertz CT molecular complexity index is 947. The Hall–Kier alpha value is -3.11. The summed E-state index contributed by atoms with van der Waals surface area (Å²) in [6, 6.07) is 12.3. The van der Waals surface area contributed by atoms with Crippen molar-refractivity contribution in [1.82, 2.24) is 4.90 Å². The van der Waals surface area contributed by atoms with Crippen LogP contribution in [-0.4, -0.2) is 60.6 Å². The smallest absolute Gasteiger partial charge is 0.203 e. The molecule has 2 aromatic rings. The van der Waals surface area contributed by atoms with Crippen LogP contribution < -0.4 is 23.7 Å². The second kappa shape index (κ2) is 13.0. The first kappa shape index (κ1) is 27.1. The number of hydrogen-bond acceptors (Lipinski definition) is 7. The van der Waals surface area contributed by atoms with Crippen molar-refractivity contribution in [2.45, 2.75) is 38.0 Å². The van der Waals surface area contributed by atoms with E-state index in [0.29, 0.717) is 23.7 Å². The molecule has 0 amide bonds. The summed E-state index contributed by atoms with van der Waals surface area (Å²) in [4.78, 5) is 2.28. The van der Waals surface area contributed by atoms with Crippen LogP contribution in [-0.2, 0) is 11.8 Å². The third kappa shape index (κ3) is 6.06. The van der Waals surface area contributed by atoms with Crippen molar-refractivity contribution in [2.24, 2.45) is 0 Å². The molecule has 186 valence electrons. The number of rotatable bonds is 14. The van der Waals surface area contributed by atoms with Gasteiger partial charge in [-0.05, 0) is 68.6 Å². The van der Waals surface area contributed by atoms with Crippen LogP contribution in [0.1, 0.15) is 37.3 Å². The SMILES string of the molecule is CCC(C#N)(CCCN(C)CCc1cccc(OC)c1OC)c1cc(OC)c(OC)c(OC)c1. The quantitative estimate of drug-likeness (QED) is 0.390. The van der Waals surface area contributed by atoms with Crippen LogP contribution in [0.25, 0.3) is 0 Å². The van der Waals surface area contributed by atoms with Gasteiger partial charge in [0.1, 0.15) is 0 Å². The van der Waals surface area contributed by atoms with Gasteiger partial charge < -0.3 is 28.6 Å². The van der Waals surface area contributed by atoms with Gasteiger partial charge in [0.25, 0.3) is 0 Å². The van der Waals surface area contributed by atoms with Gasteiger partial charge in [0.2, 0.25) is 5.75 Å². The van der Waals surface area contributed by atoms with Gasteiger partial charge in [0, 0.05) is 6.54 Å². The molecule has 2 aromatic carbocycles. The van der Waals surface area contributed by atoms with E-state index in [1.165, 1.54) is 0 Å². The molecule has 0 aromatic heterocycles. The van der Waals surface area contributed by atoms with E-state index in [2.05, 4.69) is 24.1 Å². The molecule has 1 unspecified atom stereocenters. The molecule has 0 aliphatic heterocycles. The van der Waals surface area contributed by atoms with Crippen LogP contribution in [0, 0.1) is 11.3 Å². The number of nitrogens with zero attached hydrogens (tertiary/aromatic N) is 2. The van der Waals surface area contributed by atoms with Gasteiger partial charge in [-0.1, -0.05) is 19.1 Å². The molecule has 0 aliphatic rings. The van der Waals surface area contributed by atoms with Gasteiger partial charge in [-0.3, -0.25) is 0 Å². The van der Waals surface area contributed by atoms with Gasteiger partial charge in [-0.15, -0.1) is 0 Å². The molecular weight excluding hydrogens is 432 g/mol. The van der Waals surface area contributed by atoms with E-state index in [0.717, 1.165) is 55.0 Å². The van der Waals surface area contributed by atoms with Crippen molar-refractivity contribution in [3.05, 3.63) is 41.5 Å². The van der Waals surface area contributed by atoms with Crippen LogP contribution >= 0.6 is 0 Å². The van der Waals surface area contributed by atoms with Crippen molar-refractivity contribution in [1.29, 1.82) is 5.26 Å². The van der Waals surface area contributed by atoms with Crippen molar-refractivity contribution in [3.63, 3.8) is 0 Å². The Labute approximate surface area is 204 Å². The van der Waals surface area contributed by atoms with E-state index in [4.69, 9.17) is 23.7 Å². The summed E-state index contributed by atoms with van der Waals surface area (Å²) in [5.74, 6) is 3.19. The van der Waals surface area contributed by atoms with Gasteiger partial charge in [-0.2, -0.15) is 5.26 Å². The highest BCUT2D eigenvalue weighted by molar-refractivity contribution is 5.56. The number of likely N-dealkylation sites (N-methyl/N-ethyl adjacent to an activating group) is 1. The minimum absolute atomic E-state index is 0.532. The highest BCUT2D eigenvalue weighted by Gasteiger charge is 2.32. The fourth-order valence-corrected chi connectivity index (χ4v) is 4.31. The number of methoxy groups -OCH3 is 5. The molecule has 0 radical (unpaired) electrons. The minimum atomic E-state index is -0.635. The van der Waals surface area contributed by atoms with E-state index >= 15 is 0 Å². The van der Waals surface area contributed by atoms with Crippen molar-refractivity contribution in [2.75, 3.05) is 55.7 Å². The first-order valence-electron chi connectivity index (χ1n) is 11.5. The first-order chi connectivity index (χ1) is 16.4. The normalized spacial score (nSPS) is 12.6. The van der Waals surface area contributed by atoms with Crippen LogP contribution in [0.3, 0.4) is 0 Å². The number of benzene rings is 2. The zero-order valence-corrected chi connectivity index (χ0v) is 21.6. The zero-order chi connectivity index (χ0) is 25.1. The Morgan fingerprint density at radius 1 is 0.853 bits per heavy atom. The second-order valence-corrected chi connectivity index (χ2v) is 8.27. The molecule has 7 nitrogen and oxygen atoms in total. The molecule has 0 spiro atoms. The third-order valence-electron chi connectivity index (χ3n) is 6.43. The molecule has 34 heavy (non-hydrogen) atoms. The Morgan fingerprint density at radius 3 is 1.97 bits per heavy atom. The molecule has 0 aliphatic carbocycles. The summed E-state index contributed by atoms with van der Waals surface area (Å²) in [6.45, 7) is 3.80. The summed E-state index contributed by atoms with van der Waals surface area (Å²) < 4.78 is 27.4. The monoisotopic (exact) mass is 470 g/mol. The lowest BCUT2D eigenvalue weighted by molar-refractivity contribution is 0.307. The predicted molar refractivity (Wildman–Crippen MR) is 134 cm³/mol. The predicted octanol–water partition coefficient (Wildman–Crippen LogP) is 4.86. The summed E-state index contributed by atoms with van der Waals surface area (Å²) in [5, 5.41) is 10.2. The maximum absolute atomic E-state index is 10.2. The number of hydrogen-bond donors (Lipinski definition) is 0. The maximum atomic E-state index is 10.2. The van der Waals surface area contributed by atoms with Crippen molar-refractivity contribution in [3.8, 4) is 34.8 Å². The summed E-state index contributed by atoms with van der Waals surface area (Å²) in [5.41, 5.74) is 1.37. The number of para-hydroxylation sites is 1. The van der Waals surface area contributed by atoms with Gasteiger partial charge in [0.05, 0.1) is 47.0 Å². The molecule has 0 saturated heterocycles. The first-order valence-corrected chi connectivity index (χ1v) is 11.5. The average Bonchev–Trinajstić information content (AvgIpc) is 2.88. The lowest BCUT2D eigenvalue weighted by Gasteiger charge is -2.28. The molecular formula is C27H38N2O5. The molecule has 0 saturated carbocycles. The second-order valence-electron chi connectivity index (χ2n) is 8.27. The van der Waals surface area contributed by atoms with E-state index in [-0.39, 0.29) is 0 Å². The van der Waals surface area contributed by atoms with Crippen LogP contribution in [0.15, 0.2) is 30.3 Å². The molecule has 2 rings (SSSR count). The van der Waals surface area contributed by atoms with Crippen LogP contribution in [0.2, 0.25) is 0 Å². The summed E-state index contributed by atoms with van der Waals surface area (Å²) in [7, 11) is 10.2. The van der Waals surface area contributed by atoms with Crippen LogP contribution in [0.5, 0.6) is 28.7 Å². The molecule has 0 heterocycles. The Kier molecular flexibility index (Phi) is 10.3. The van der Waals surface area contributed by atoms with Gasteiger partial charge in [0.15, 0.2) is 23.0 Å². The van der Waals surface area contributed by atoms with Gasteiger partial charge in [-0.25, -0.2) is 0 Å². The van der Waals surface area contributed by atoms with E-state index in [1.54, 1.807) is 35.5 Å². The lowest BCUT2D eigenvalue weighted by Crippen LogP contribution is -2.27. The van der Waals surface area contributed by atoms with Gasteiger partial charge >= 0.3 is 0 Å². The van der Waals surface area contributed by atoms with E-state index in [9.17, 15) is 5.26 Å². The summed E-state index contributed by atoms with van der Waals surface area (Å²) in [6.07, 6.45) is 3.14. The van der Waals surface area contributed by atoms with Crippen molar-refractivity contribution < 1.29 is 23.7 Å². The maximum Gasteiger partial charge on any atom is 0.203 e. The van der Waals surface area contributed by atoms with Crippen LogP contribution in [0.4, 0.5) is 0 Å². The topological polar surface area (TPSA) is 73.2 Å². The average molecular weight is 471 g/mol. The van der Waals surface area contributed by atoms with E-state index in [1.807, 2.05) is 31.2 Å². The molecule has 0 fully saturated rings. The number of ether oxygens (including phenoxy) is 5. The lowest BCUT2D eigenvalue weighted by atomic mass is 9.75. The Balaban J connectivity index is 2.09. The standard InChI is InChI=1S/C27H38N2O5/c1-8-27(19-28,21-17-23(31-4)26(34-7)24(18-21)32-5)14-10-15-29(2)16-13-20-11-9-12-22(30-3)25(20)33-6/h9,11-12,17-18H,8,10,13-16H2,1-7H3. The molecule has 0 bridgehead atoms. The van der Waals surface area contributed by atoms with E-state index < -0.39 is 5.41 Å². The highest BCUT2D eigenvalue weighted by Crippen LogP contribution is 2.43. The van der Waals surface area contributed by atoms with Crippen molar-refractivity contribution >= 4 is 0 Å². The zero-order valence-electron chi connectivity index (χ0n) is 21.6. The highest BCUT2D eigenvalue weighted by atomic mass is 16.5. The molecule has 0 N–H and O–H groups in total. The molecule has 7 heteroatoms. The minimum Gasteiger partial charge on any atom is -0.493 e.